The normalized spacial score (nSPS) is 18.6. The number of nitrogens with zero attached hydrogens (tertiary/aromatic N) is 2. The van der Waals surface area contributed by atoms with E-state index in [0.29, 0.717) is 13.1 Å². The Morgan fingerprint density at radius 3 is 2.63 bits per heavy atom. The average Bonchev–Trinajstić information content (AvgIpc) is 3.00. The van der Waals surface area contributed by atoms with Crippen LogP contribution in [0.15, 0.2) is 4.79 Å². The number of amides is 1. The van der Waals surface area contributed by atoms with Crippen LogP contribution >= 0.6 is 11.3 Å². The number of aromatic nitrogens is 2. The van der Waals surface area contributed by atoms with E-state index in [0.717, 1.165) is 41.7 Å². The number of rotatable bonds is 1. The molecule has 2 aromatic heterocycles. The highest BCUT2D eigenvalue weighted by Gasteiger charge is 2.29. The summed E-state index contributed by atoms with van der Waals surface area (Å²) < 4.78 is 6.24. The lowest BCUT2D eigenvalue weighted by molar-refractivity contribution is 0.0203. The summed E-state index contributed by atoms with van der Waals surface area (Å²) in [6, 6.07) is 0. The van der Waals surface area contributed by atoms with Crippen molar-refractivity contribution in [3.05, 3.63) is 26.6 Å². The maximum absolute atomic E-state index is 12.6. The van der Waals surface area contributed by atoms with Gasteiger partial charge < -0.3 is 14.6 Å². The van der Waals surface area contributed by atoms with Gasteiger partial charge in [0.05, 0.1) is 5.52 Å². The average molecular weight is 390 g/mol. The molecule has 0 radical (unpaired) electrons. The Morgan fingerprint density at radius 1 is 1.22 bits per heavy atom. The van der Waals surface area contributed by atoms with E-state index >= 15 is 0 Å². The Balaban J connectivity index is 1.52. The summed E-state index contributed by atoms with van der Waals surface area (Å²) in [5.74, 6) is 0.961. The first-order chi connectivity index (χ1) is 12.8. The van der Waals surface area contributed by atoms with Crippen LogP contribution in [0, 0.1) is 0 Å². The van der Waals surface area contributed by atoms with E-state index in [9.17, 15) is 9.59 Å². The lowest BCUT2D eigenvalue weighted by Crippen LogP contribution is -2.41. The van der Waals surface area contributed by atoms with Gasteiger partial charge >= 0.3 is 6.09 Å². The zero-order chi connectivity index (χ0) is 19.2. The first-order valence-corrected chi connectivity index (χ1v) is 10.7. The van der Waals surface area contributed by atoms with Crippen molar-refractivity contribution in [3.8, 4) is 0 Å². The molecule has 4 rings (SSSR count). The van der Waals surface area contributed by atoms with E-state index in [1.807, 2.05) is 20.8 Å². The lowest BCUT2D eigenvalue weighted by Gasteiger charge is -2.33. The van der Waals surface area contributed by atoms with Crippen LogP contribution in [0.3, 0.4) is 0 Å². The summed E-state index contributed by atoms with van der Waals surface area (Å²) in [6.07, 6.45) is 5.80. The van der Waals surface area contributed by atoms with Crippen molar-refractivity contribution in [1.82, 2.24) is 14.9 Å². The monoisotopic (exact) mass is 389 g/mol. The van der Waals surface area contributed by atoms with Gasteiger partial charge in [-0.3, -0.25) is 4.79 Å². The van der Waals surface area contributed by atoms with E-state index in [-0.39, 0.29) is 17.6 Å². The zero-order valence-corrected chi connectivity index (χ0v) is 17.1. The molecule has 0 unspecified atom stereocenters. The second-order valence-corrected chi connectivity index (χ2v) is 9.69. The van der Waals surface area contributed by atoms with E-state index in [1.54, 1.807) is 16.2 Å². The Bertz CT molecular complexity index is 917. The van der Waals surface area contributed by atoms with Crippen molar-refractivity contribution in [1.29, 1.82) is 0 Å². The van der Waals surface area contributed by atoms with Crippen LogP contribution < -0.4 is 5.56 Å². The molecule has 7 heteroatoms. The Hall–Kier alpha value is -1.89. The van der Waals surface area contributed by atoms with Crippen LogP contribution in [-0.4, -0.2) is 39.7 Å². The summed E-state index contributed by atoms with van der Waals surface area (Å²) in [4.78, 5) is 35.9. The van der Waals surface area contributed by atoms with Gasteiger partial charge in [0.25, 0.3) is 5.56 Å². The van der Waals surface area contributed by atoms with Crippen LogP contribution in [0.5, 0.6) is 0 Å². The quantitative estimate of drug-likeness (QED) is 0.800. The summed E-state index contributed by atoms with van der Waals surface area (Å²) in [5, 5.41) is 0. The third-order valence-corrected chi connectivity index (χ3v) is 6.64. The maximum atomic E-state index is 12.6. The lowest BCUT2D eigenvalue weighted by atomic mass is 9.95. The third-order valence-electron chi connectivity index (χ3n) is 5.36. The number of nitrogens with one attached hydrogen (secondary N) is 1. The highest BCUT2D eigenvalue weighted by molar-refractivity contribution is 7.19. The maximum Gasteiger partial charge on any atom is 0.410 e. The number of H-pyrrole nitrogens is 1. The number of hydrogen-bond acceptors (Lipinski definition) is 5. The molecule has 2 aliphatic rings. The molecule has 1 amide bonds. The van der Waals surface area contributed by atoms with Crippen LogP contribution in [0.1, 0.15) is 68.6 Å². The van der Waals surface area contributed by atoms with Crippen molar-refractivity contribution in [2.75, 3.05) is 13.1 Å². The fraction of sp³-hybridized carbons (Fsp3) is 0.650. The van der Waals surface area contributed by atoms with Crippen molar-refractivity contribution in [3.63, 3.8) is 0 Å². The zero-order valence-electron chi connectivity index (χ0n) is 16.3. The van der Waals surface area contributed by atoms with Gasteiger partial charge in [-0.15, -0.1) is 11.3 Å². The molecule has 0 saturated carbocycles. The number of aryl methyl sites for hydroxylation is 2. The van der Waals surface area contributed by atoms with Gasteiger partial charge in [0.2, 0.25) is 0 Å². The van der Waals surface area contributed by atoms with Gasteiger partial charge in [-0.05, 0) is 64.9 Å². The van der Waals surface area contributed by atoms with Gasteiger partial charge in [0.1, 0.15) is 16.1 Å². The number of fused-ring (bicyclic) bond motifs is 3. The van der Waals surface area contributed by atoms with Crippen molar-refractivity contribution in [2.45, 2.75) is 70.8 Å². The number of likely N-dealkylation sites (tertiary alicyclic amines) is 1. The minimum atomic E-state index is -0.482. The predicted molar refractivity (Wildman–Crippen MR) is 107 cm³/mol. The van der Waals surface area contributed by atoms with E-state index in [4.69, 9.17) is 9.72 Å². The third kappa shape index (κ3) is 3.74. The Kier molecular flexibility index (Phi) is 4.74. The SMILES string of the molecule is CC(C)(C)OC(=O)N1CCC(c2nc3c4c(sc3c(=O)[nH]2)CCCC4)CC1. The van der Waals surface area contributed by atoms with Crippen LogP contribution in [0.2, 0.25) is 0 Å². The molecule has 3 heterocycles. The highest BCUT2D eigenvalue weighted by atomic mass is 32.1. The molecule has 6 nitrogen and oxygen atoms in total. The van der Waals surface area contributed by atoms with Gasteiger partial charge in [-0.25, -0.2) is 9.78 Å². The molecule has 146 valence electrons. The van der Waals surface area contributed by atoms with Crippen LogP contribution in [-0.2, 0) is 17.6 Å². The molecule has 1 saturated heterocycles. The molecule has 0 bridgehead atoms. The number of ether oxygens (including phenoxy) is 1. The molecule has 1 N–H and O–H groups in total. The molecule has 1 fully saturated rings. The fourth-order valence-electron chi connectivity index (χ4n) is 4.00. The minimum Gasteiger partial charge on any atom is -0.444 e. The van der Waals surface area contributed by atoms with E-state index in [1.165, 1.54) is 23.3 Å². The molecule has 27 heavy (non-hydrogen) atoms. The molecule has 0 atom stereocenters. The second kappa shape index (κ2) is 6.93. The Labute approximate surface area is 162 Å². The summed E-state index contributed by atoms with van der Waals surface area (Å²) in [7, 11) is 0. The molecule has 0 aromatic carbocycles. The summed E-state index contributed by atoms with van der Waals surface area (Å²) in [6.45, 7) is 6.89. The van der Waals surface area contributed by atoms with Crippen molar-refractivity contribution in [2.24, 2.45) is 0 Å². The van der Waals surface area contributed by atoms with Gasteiger partial charge in [0, 0.05) is 23.9 Å². The van der Waals surface area contributed by atoms with Gasteiger partial charge in [-0.2, -0.15) is 0 Å². The second-order valence-electron chi connectivity index (χ2n) is 8.58. The first-order valence-electron chi connectivity index (χ1n) is 9.84. The molecular formula is C20H27N3O3S. The van der Waals surface area contributed by atoms with Crippen LogP contribution in [0.4, 0.5) is 4.79 Å². The van der Waals surface area contributed by atoms with E-state index < -0.39 is 5.60 Å². The largest absolute Gasteiger partial charge is 0.444 e. The minimum absolute atomic E-state index is 0.0102. The molecular weight excluding hydrogens is 362 g/mol. The van der Waals surface area contributed by atoms with Gasteiger partial charge in [0.15, 0.2) is 0 Å². The van der Waals surface area contributed by atoms with Crippen LogP contribution in [0.25, 0.3) is 10.2 Å². The topological polar surface area (TPSA) is 75.3 Å². The smallest absolute Gasteiger partial charge is 0.410 e. The number of carbonyl (C=O) groups excluding carboxylic acids is 1. The number of carbonyl (C=O) groups is 1. The number of aromatic amines is 1. The summed E-state index contributed by atoms with van der Waals surface area (Å²) in [5.41, 5.74) is 1.72. The Morgan fingerprint density at radius 2 is 1.93 bits per heavy atom. The number of thiophene rings is 1. The fourth-order valence-corrected chi connectivity index (χ4v) is 5.22. The number of piperidine rings is 1. The standard InChI is InChI=1S/C20H27N3O3S/c1-20(2,3)26-19(25)23-10-8-12(9-11-23)17-21-15-13-6-4-5-7-14(13)27-16(15)18(24)22-17/h12H,4-11H2,1-3H3,(H,21,22,24). The predicted octanol–water partition coefficient (Wildman–Crippen LogP) is 3.98. The number of hydrogen-bond donors (Lipinski definition) is 1. The van der Waals surface area contributed by atoms with Gasteiger partial charge in [-0.1, -0.05) is 0 Å². The molecule has 2 aromatic rings. The first kappa shape index (κ1) is 18.5. The summed E-state index contributed by atoms with van der Waals surface area (Å²) >= 11 is 1.62. The van der Waals surface area contributed by atoms with Crippen molar-refractivity contribution < 1.29 is 9.53 Å². The molecule has 1 aliphatic heterocycles. The molecule has 0 spiro atoms. The van der Waals surface area contributed by atoms with Crippen molar-refractivity contribution >= 4 is 27.6 Å². The highest BCUT2D eigenvalue weighted by Crippen LogP contribution is 2.35. The van der Waals surface area contributed by atoms with E-state index in [2.05, 4.69) is 4.98 Å². The molecule has 1 aliphatic carbocycles.